The molecule has 1 unspecified atom stereocenters. The third kappa shape index (κ3) is 5.43. The smallest absolute Gasteiger partial charge is 0.319 e. The number of carbonyl (C=O) groups is 2. The van der Waals surface area contributed by atoms with E-state index in [1.165, 1.54) is 10.5 Å². The quantitative estimate of drug-likeness (QED) is 0.341. The van der Waals surface area contributed by atoms with E-state index in [0.717, 1.165) is 74.8 Å². The Balaban J connectivity index is 1.37. The fourth-order valence-electron chi connectivity index (χ4n) is 5.98. The number of urea groups is 1. The second-order valence-corrected chi connectivity index (χ2v) is 10.8. The number of carbonyl (C=O) groups excluding carboxylic acids is 2. The zero-order valence-electron chi connectivity index (χ0n) is 22.6. The van der Waals surface area contributed by atoms with Crippen molar-refractivity contribution in [1.29, 1.82) is 5.26 Å². The van der Waals surface area contributed by atoms with Crippen molar-refractivity contribution in [3.63, 3.8) is 0 Å². The van der Waals surface area contributed by atoms with Crippen LogP contribution in [0.3, 0.4) is 0 Å². The lowest BCUT2D eigenvalue weighted by Crippen LogP contribution is -2.44. The Morgan fingerprint density at radius 3 is 2.30 bits per heavy atom. The van der Waals surface area contributed by atoms with Gasteiger partial charge in [-0.3, -0.25) is 9.69 Å². The van der Waals surface area contributed by atoms with Crippen LogP contribution < -0.4 is 5.32 Å². The van der Waals surface area contributed by atoms with E-state index in [2.05, 4.69) is 42.3 Å². The third-order valence-electron chi connectivity index (χ3n) is 8.32. The molecular formula is C31H40N4O2. The lowest BCUT2D eigenvalue weighted by atomic mass is 9.72. The van der Waals surface area contributed by atoms with E-state index in [1.54, 1.807) is 0 Å². The van der Waals surface area contributed by atoms with Crippen LogP contribution in [-0.2, 0) is 15.7 Å². The van der Waals surface area contributed by atoms with Crippen LogP contribution in [0.1, 0.15) is 74.1 Å². The van der Waals surface area contributed by atoms with Crippen LogP contribution in [0.2, 0.25) is 0 Å². The predicted molar refractivity (Wildman–Crippen MR) is 146 cm³/mol. The minimum atomic E-state index is -0.967. The van der Waals surface area contributed by atoms with Gasteiger partial charge < -0.3 is 10.2 Å². The number of unbranched alkanes of at least 4 members (excludes halogenated alkanes) is 2. The maximum absolute atomic E-state index is 13.7. The first kappa shape index (κ1) is 26.9. The Bertz CT molecular complexity index is 1140. The van der Waals surface area contributed by atoms with Gasteiger partial charge in [0, 0.05) is 6.54 Å². The minimum absolute atomic E-state index is 0.126. The lowest BCUT2D eigenvalue weighted by molar-refractivity contribution is -0.132. The highest BCUT2D eigenvalue weighted by molar-refractivity contribution is 6.07. The maximum Gasteiger partial charge on any atom is 0.325 e. The van der Waals surface area contributed by atoms with Crippen molar-refractivity contribution >= 4 is 11.9 Å². The molecule has 4 rings (SSSR count). The largest absolute Gasteiger partial charge is 0.325 e. The van der Waals surface area contributed by atoms with Crippen LogP contribution in [0.4, 0.5) is 4.79 Å². The lowest BCUT2D eigenvalue weighted by Gasteiger charge is -2.38. The number of aryl methyl sites for hydroxylation is 2. The fraction of sp³-hybridized carbons (Fsp3) is 0.516. The van der Waals surface area contributed by atoms with E-state index in [-0.39, 0.29) is 11.9 Å². The number of likely N-dealkylation sites (tertiary alicyclic amines) is 1. The van der Waals surface area contributed by atoms with E-state index in [9.17, 15) is 14.9 Å². The summed E-state index contributed by atoms with van der Waals surface area (Å²) < 4.78 is 0. The van der Waals surface area contributed by atoms with Crippen molar-refractivity contribution in [2.24, 2.45) is 0 Å². The minimum Gasteiger partial charge on any atom is -0.319 e. The molecule has 2 fully saturated rings. The number of rotatable bonds is 10. The van der Waals surface area contributed by atoms with Gasteiger partial charge in [0.2, 0.25) is 0 Å². The highest BCUT2D eigenvalue weighted by Crippen LogP contribution is 2.37. The summed E-state index contributed by atoms with van der Waals surface area (Å²) in [5.74, 6) is -0.126. The average Bonchev–Trinajstić information content (AvgIpc) is 3.15. The molecule has 0 saturated carbocycles. The molecule has 2 aromatic carbocycles. The van der Waals surface area contributed by atoms with Gasteiger partial charge in [-0.2, -0.15) is 5.26 Å². The standard InChI is InChI=1S/C31H40N4O2/c1-4-5-8-16-31(26-14-12-24(2)13-15-26)28(36)35(29(37)33-31)20-9-19-34-21-17-30(23-32,18-22-34)27-11-7-6-10-25(27)3/h6-7,10-15H,4-5,8-9,16-22H2,1-3H3,(H,33,37). The number of piperidine rings is 1. The normalized spacial score (nSPS) is 21.6. The van der Waals surface area contributed by atoms with Gasteiger partial charge in [0.25, 0.3) is 5.91 Å². The molecule has 1 atom stereocenters. The van der Waals surface area contributed by atoms with Gasteiger partial charge in [0.05, 0.1) is 11.5 Å². The number of imide groups is 1. The summed E-state index contributed by atoms with van der Waals surface area (Å²) in [5.41, 5.74) is 2.92. The summed E-state index contributed by atoms with van der Waals surface area (Å²) in [7, 11) is 0. The number of benzene rings is 2. The van der Waals surface area contributed by atoms with E-state index in [0.29, 0.717) is 13.0 Å². The molecular weight excluding hydrogens is 460 g/mol. The molecule has 2 aliphatic rings. The third-order valence-corrected chi connectivity index (χ3v) is 8.32. The Morgan fingerprint density at radius 2 is 1.65 bits per heavy atom. The van der Waals surface area contributed by atoms with E-state index < -0.39 is 11.0 Å². The van der Waals surface area contributed by atoms with Crippen molar-refractivity contribution in [1.82, 2.24) is 15.1 Å². The summed E-state index contributed by atoms with van der Waals surface area (Å²) >= 11 is 0. The summed E-state index contributed by atoms with van der Waals surface area (Å²) in [6.45, 7) is 9.14. The molecule has 0 aliphatic carbocycles. The van der Waals surface area contributed by atoms with E-state index >= 15 is 0 Å². The summed E-state index contributed by atoms with van der Waals surface area (Å²) in [6.07, 6.45) is 5.91. The predicted octanol–water partition coefficient (Wildman–Crippen LogP) is 5.58. The van der Waals surface area contributed by atoms with E-state index in [4.69, 9.17) is 0 Å². The molecule has 0 radical (unpaired) electrons. The maximum atomic E-state index is 13.7. The SMILES string of the molecule is CCCCCC1(c2ccc(C)cc2)NC(=O)N(CCCN2CCC(C#N)(c3ccccc3C)CC2)C1=O. The van der Waals surface area contributed by atoms with Crippen LogP contribution in [0.15, 0.2) is 48.5 Å². The van der Waals surface area contributed by atoms with Crippen molar-refractivity contribution in [3.8, 4) is 6.07 Å². The van der Waals surface area contributed by atoms with Crippen LogP contribution >= 0.6 is 0 Å². The first-order valence-electron chi connectivity index (χ1n) is 13.8. The van der Waals surface area contributed by atoms with Crippen LogP contribution in [0, 0.1) is 25.2 Å². The number of hydrogen-bond acceptors (Lipinski definition) is 4. The molecule has 0 spiro atoms. The highest BCUT2D eigenvalue weighted by Gasteiger charge is 2.51. The molecule has 6 heteroatoms. The van der Waals surface area contributed by atoms with Crippen molar-refractivity contribution in [3.05, 3.63) is 70.8 Å². The van der Waals surface area contributed by atoms with Gasteiger partial charge in [-0.15, -0.1) is 0 Å². The molecule has 196 valence electrons. The number of hydrogen-bond donors (Lipinski definition) is 1. The van der Waals surface area contributed by atoms with Crippen LogP contribution in [-0.4, -0.2) is 47.9 Å². The monoisotopic (exact) mass is 500 g/mol. The molecule has 2 saturated heterocycles. The summed E-state index contributed by atoms with van der Waals surface area (Å²) in [6, 6.07) is 18.5. The van der Waals surface area contributed by atoms with Crippen molar-refractivity contribution in [2.45, 2.75) is 76.7 Å². The Labute approximate surface area is 221 Å². The topological polar surface area (TPSA) is 76.4 Å². The second kappa shape index (κ2) is 11.5. The number of nitrogens with one attached hydrogen (secondary N) is 1. The molecule has 2 aromatic rings. The summed E-state index contributed by atoms with van der Waals surface area (Å²) in [4.78, 5) is 30.5. The Hall–Kier alpha value is -3.17. The van der Waals surface area contributed by atoms with Gasteiger partial charge in [-0.1, -0.05) is 80.3 Å². The van der Waals surface area contributed by atoms with Gasteiger partial charge in [0.15, 0.2) is 0 Å². The molecule has 0 bridgehead atoms. The van der Waals surface area contributed by atoms with Crippen molar-refractivity contribution in [2.75, 3.05) is 26.2 Å². The molecule has 2 heterocycles. The second-order valence-electron chi connectivity index (χ2n) is 10.8. The molecule has 37 heavy (non-hydrogen) atoms. The Morgan fingerprint density at radius 1 is 0.946 bits per heavy atom. The fourth-order valence-corrected chi connectivity index (χ4v) is 5.98. The van der Waals surface area contributed by atoms with Crippen LogP contribution in [0.25, 0.3) is 0 Å². The van der Waals surface area contributed by atoms with Gasteiger partial charge in [-0.25, -0.2) is 4.79 Å². The number of nitrogens with zero attached hydrogens (tertiary/aromatic N) is 3. The molecule has 3 amide bonds. The van der Waals surface area contributed by atoms with Gasteiger partial charge >= 0.3 is 6.03 Å². The number of amides is 3. The van der Waals surface area contributed by atoms with E-state index in [1.807, 2.05) is 43.3 Å². The molecule has 2 aliphatic heterocycles. The van der Waals surface area contributed by atoms with Crippen molar-refractivity contribution < 1.29 is 9.59 Å². The van der Waals surface area contributed by atoms with Gasteiger partial charge in [-0.05, 0) is 75.9 Å². The summed E-state index contributed by atoms with van der Waals surface area (Å²) in [5, 5.41) is 13.1. The average molecular weight is 501 g/mol. The molecule has 6 nitrogen and oxygen atoms in total. The zero-order valence-corrected chi connectivity index (χ0v) is 22.6. The first-order valence-corrected chi connectivity index (χ1v) is 13.8. The Kier molecular flexibility index (Phi) is 8.34. The zero-order chi connectivity index (χ0) is 26.5. The number of nitriles is 1. The van der Waals surface area contributed by atoms with Gasteiger partial charge in [0.1, 0.15) is 5.54 Å². The molecule has 1 N–H and O–H groups in total. The first-order chi connectivity index (χ1) is 17.8. The molecule has 0 aromatic heterocycles. The van der Waals surface area contributed by atoms with Crippen LogP contribution in [0.5, 0.6) is 0 Å². The highest BCUT2D eigenvalue weighted by atomic mass is 16.2.